The number of hydrazine groups is 1. The summed E-state index contributed by atoms with van der Waals surface area (Å²) in [5.41, 5.74) is 5.75. The van der Waals surface area contributed by atoms with Crippen LogP contribution in [0.5, 0.6) is 11.5 Å². The van der Waals surface area contributed by atoms with Gasteiger partial charge in [-0.3, -0.25) is 20.4 Å². The summed E-state index contributed by atoms with van der Waals surface area (Å²) in [5.74, 6) is 0.886. The highest BCUT2D eigenvalue weighted by molar-refractivity contribution is 5.98. The van der Waals surface area contributed by atoms with Crippen LogP contribution in [0.3, 0.4) is 0 Å². The summed E-state index contributed by atoms with van der Waals surface area (Å²) in [4.78, 5) is 23.5. The van der Waals surface area contributed by atoms with Crippen LogP contribution in [0.2, 0.25) is 0 Å². The Labute approximate surface area is 131 Å². The lowest BCUT2D eigenvalue weighted by Crippen LogP contribution is -2.40. The van der Waals surface area contributed by atoms with Crippen molar-refractivity contribution in [3.63, 3.8) is 0 Å². The van der Waals surface area contributed by atoms with E-state index in [4.69, 9.17) is 13.9 Å². The summed E-state index contributed by atoms with van der Waals surface area (Å²) < 4.78 is 15.5. The van der Waals surface area contributed by atoms with E-state index >= 15 is 0 Å². The molecule has 0 aliphatic carbocycles. The lowest BCUT2D eigenvalue weighted by molar-refractivity contribution is -0.117. The molecule has 0 saturated carbocycles. The molecule has 1 aromatic heterocycles. The maximum Gasteiger partial charge on any atom is 0.273 e. The van der Waals surface area contributed by atoms with E-state index in [0.29, 0.717) is 22.8 Å². The molecule has 118 valence electrons. The SMILES string of the molecule is Cc1occc1C(=O)NNC(=O)/C=C/c1ccc2c(c1)OCO2. The maximum absolute atomic E-state index is 11.8. The number of amides is 2. The number of hydrogen-bond acceptors (Lipinski definition) is 5. The quantitative estimate of drug-likeness (QED) is 0.666. The third-order valence-electron chi connectivity index (χ3n) is 3.23. The molecular formula is C16H14N2O5. The number of carbonyl (C=O) groups is 2. The van der Waals surface area contributed by atoms with Crippen LogP contribution in [0.1, 0.15) is 21.7 Å². The van der Waals surface area contributed by atoms with Crippen molar-refractivity contribution in [2.24, 2.45) is 0 Å². The van der Waals surface area contributed by atoms with Gasteiger partial charge in [0.15, 0.2) is 11.5 Å². The minimum atomic E-state index is -0.461. The van der Waals surface area contributed by atoms with Crippen LogP contribution in [-0.2, 0) is 4.79 Å². The average molecular weight is 314 g/mol. The van der Waals surface area contributed by atoms with Gasteiger partial charge in [-0.2, -0.15) is 0 Å². The molecule has 7 nitrogen and oxygen atoms in total. The Hall–Kier alpha value is -3.22. The van der Waals surface area contributed by atoms with Gasteiger partial charge in [0.2, 0.25) is 6.79 Å². The molecule has 2 aromatic rings. The lowest BCUT2D eigenvalue weighted by Gasteiger charge is -2.04. The van der Waals surface area contributed by atoms with Gasteiger partial charge >= 0.3 is 0 Å². The van der Waals surface area contributed by atoms with E-state index in [9.17, 15) is 9.59 Å². The Morgan fingerprint density at radius 1 is 1.13 bits per heavy atom. The minimum absolute atomic E-state index is 0.197. The van der Waals surface area contributed by atoms with E-state index in [1.54, 1.807) is 31.2 Å². The first-order chi connectivity index (χ1) is 11.1. The molecule has 0 radical (unpaired) electrons. The van der Waals surface area contributed by atoms with Crippen molar-refractivity contribution in [1.82, 2.24) is 10.9 Å². The van der Waals surface area contributed by atoms with Crippen molar-refractivity contribution >= 4 is 17.9 Å². The Morgan fingerprint density at radius 3 is 2.74 bits per heavy atom. The molecule has 0 fully saturated rings. The number of rotatable bonds is 3. The normalized spacial score (nSPS) is 12.4. The largest absolute Gasteiger partial charge is 0.469 e. The molecule has 0 atom stereocenters. The summed E-state index contributed by atoms with van der Waals surface area (Å²) in [6.45, 7) is 1.86. The third kappa shape index (κ3) is 3.34. The highest BCUT2D eigenvalue weighted by atomic mass is 16.7. The molecule has 2 N–H and O–H groups in total. The molecular weight excluding hydrogens is 300 g/mol. The monoisotopic (exact) mass is 314 g/mol. The molecule has 1 aliphatic heterocycles. The minimum Gasteiger partial charge on any atom is -0.469 e. The fraction of sp³-hybridized carbons (Fsp3) is 0.125. The molecule has 0 unspecified atom stereocenters. The number of ether oxygens (including phenoxy) is 2. The molecule has 3 rings (SSSR count). The predicted octanol–water partition coefficient (Wildman–Crippen LogP) is 1.79. The second-order valence-corrected chi connectivity index (χ2v) is 4.78. The predicted molar refractivity (Wildman–Crippen MR) is 80.7 cm³/mol. The number of furan rings is 1. The second-order valence-electron chi connectivity index (χ2n) is 4.78. The molecule has 7 heteroatoms. The van der Waals surface area contributed by atoms with Crippen molar-refractivity contribution in [3.8, 4) is 11.5 Å². The van der Waals surface area contributed by atoms with Crippen LogP contribution >= 0.6 is 0 Å². The molecule has 0 bridgehead atoms. The maximum atomic E-state index is 11.8. The van der Waals surface area contributed by atoms with Gasteiger partial charge in [0, 0.05) is 6.08 Å². The fourth-order valence-corrected chi connectivity index (χ4v) is 2.04. The van der Waals surface area contributed by atoms with Crippen LogP contribution in [0, 0.1) is 6.92 Å². The van der Waals surface area contributed by atoms with E-state index in [2.05, 4.69) is 10.9 Å². The molecule has 2 heterocycles. The Morgan fingerprint density at radius 2 is 1.96 bits per heavy atom. The van der Waals surface area contributed by atoms with Crippen LogP contribution in [0.4, 0.5) is 0 Å². The van der Waals surface area contributed by atoms with Gasteiger partial charge in [0.1, 0.15) is 5.76 Å². The summed E-state index contributed by atoms with van der Waals surface area (Å²) >= 11 is 0. The third-order valence-corrected chi connectivity index (χ3v) is 3.23. The summed E-state index contributed by atoms with van der Waals surface area (Å²) in [5, 5.41) is 0. The van der Waals surface area contributed by atoms with E-state index in [1.807, 2.05) is 0 Å². The Bertz CT molecular complexity index is 779. The number of aryl methyl sites for hydroxylation is 1. The highest BCUT2D eigenvalue weighted by Crippen LogP contribution is 2.32. The Kier molecular flexibility index (Phi) is 4.01. The fourth-order valence-electron chi connectivity index (χ4n) is 2.04. The molecule has 1 aliphatic rings. The van der Waals surface area contributed by atoms with Gasteiger partial charge < -0.3 is 13.9 Å². The van der Waals surface area contributed by atoms with Crippen molar-refractivity contribution in [2.45, 2.75) is 6.92 Å². The molecule has 0 spiro atoms. The molecule has 2 amide bonds. The van der Waals surface area contributed by atoms with Crippen molar-refractivity contribution < 1.29 is 23.5 Å². The zero-order valence-corrected chi connectivity index (χ0v) is 12.3. The van der Waals surface area contributed by atoms with Crippen LogP contribution in [-0.4, -0.2) is 18.6 Å². The zero-order chi connectivity index (χ0) is 16.2. The molecule has 1 aromatic carbocycles. The van der Waals surface area contributed by atoms with Gasteiger partial charge in [-0.25, -0.2) is 0 Å². The van der Waals surface area contributed by atoms with E-state index in [0.717, 1.165) is 5.56 Å². The number of fused-ring (bicyclic) bond motifs is 1. The first-order valence-electron chi connectivity index (χ1n) is 6.85. The number of carbonyl (C=O) groups excluding carboxylic acids is 2. The molecule has 0 saturated heterocycles. The van der Waals surface area contributed by atoms with E-state index < -0.39 is 11.8 Å². The average Bonchev–Trinajstić information content (AvgIpc) is 3.18. The van der Waals surface area contributed by atoms with Crippen molar-refractivity contribution in [2.75, 3.05) is 6.79 Å². The second kappa shape index (κ2) is 6.27. The summed E-state index contributed by atoms with van der Waals surface area (Å²) in [6, 6.07) is 6.85. The van der Waals surface area contributed by atoms with Gasteiger partial charge in [-0.15, -0.1) is 0 Å². The first kappa shape index (κ1) is 14.7. The number of hydrogen-bond donors (Lipinski definition) is 2. The van der Waals surface area contributed by atoms with Gasteiger partial charge in [-0.1, -0.05) is 6.07 Å². The lowest BCUT2D eigenvalue weighted by atomic mass is 10.2. The van der Waals surface area contributed by atoms with Gasteiger partial charge in [-0.05, 0) is 36.8 Å². The first-order valence-corrected chi connectivity index (χ1v) is 6.85. The van der Waals surface area contributed by atoms with Crippen molar-refractivity contribution in [1.29, 1.82) is 0 Å². The molecule has 23 heavy (non-hydrogen) atoms. The van der Waals surface area contributed by atoms with E-state index in [1.165, 1.54) is 18.4 Å². The number of nitrogens with one attached hydrogen (secondary N) is 2. The standard InChI is InChI=1S/C16H14N2O5/c1-10-12(6-7-21-10)16(20)18-17-15(19)5-3-11-2-4-13-14(8-11)23-9-22-13/h2-8H,9H2,1H3,(H,17,19)(H,18,20)/b5-3+. The zero-order valence-electron chi connectivity index (χ0n) is 12.3. The topological polar surface area (TPSA) is 89.8 Å². The van der Waals surface area contributed by atoms with Gasteiger partial charge in [0.05, 0.1) is 11.8 Å². The van der Waals surface area contributed by atoms with Crippen LogP contribution in [0.15, 0.2) is 41.0 Å². The number of benzene rings is 1. The van der Waals surface area contributed by atoms with Crippen molar-refractivity contribution in [3.05, 3.63) is 53.5 Å². The summed E-state index contributed by atoms with van der Waals surface area (Å²) in [7, 11) is 0. The van der Waals surface area contributed by atoms with Crippen LogP contribution in [0.25, 0.3) is 6.08 Å². The van der Waals surface area contributed by atoms with Gasteiger partial charge in [0.25, 0.3) is 11.8 Å². The Balaban J connectivity index is 1.55. The van der Waals surface area contributed by atoms with E-state index in [-0.39, 0.29) is 6.79 Å². The van der Waals surface area contributed by atoms with Crippen LogP contribution < -0.4 is 20.3 Å². The smallest absolute Gasteiger partial charge is 0.273 e. The highest BCUT2D eigenvalue weighted by Gasteiger charge is 2.13. The summed E-state index contributed by atoms with van der Waals surface area (Å²) in [6.07, 6.45) is 4.32.